The molecule has 0 radical (unpaired) electrons. The van der Waals surface area contributed by atoms with E-state index in [1.54, 1.807) is 29.5 Å². The molecule has 0 spiro atoms. The number of amides is 1. The second kappa shape index (κ2) is 6.63. The minimum absolute atomic E-state index is 0.0249. The lowest BCUT2D eigenvalue weighted by molar-refractivity contribution is 0.0927. The fourth-order valence-electron chi connectivity index (χ4n) is 2.17. The van der Waals surface area contributed by atoms with Gasteiger partial charge in [0.05, 0.1) is 24.4 Å². The smallest absolute Gasteiger partial charge is 0.254 e. The van der Waals surface area contributed by atoms with Crippen molar-refractivity contribution >= 4 is 22.9 Å². The number of thiophene rings is 1. The van der Waals surface area contributed by atoms with Crippen LogP contribution in [0.25, 0.3) is 0 Å². The standard InChI is InChI=1S/C16H20N2O2S/c1-10(2)15(13-8-5-9-21-13)18-16(19)11-6-4-7-12(20-3)14(11)17/h4-10,15H,17H2,1-3H3,(H,18,19). The van der Waals surface area contributed by atoms with Gasteiger partial charge in [-0.2, -0.15) is 0 Å². The summed E-state index contributed by atoms with van der Waals surface area (Å²) < 4.78 is 5.16. The van der Waals surface area contributed by atoms with Crippen molar-refractivity contribution in [1.82, 2.24) is 5.32 Å². The monoisotopic (exact) mass is 304 g/mol. The van der Waals surface area contributed by atoms with E-state index in [9.17, 15) is 4.79 Å². The second-order valence-corrected chi connectivity index (χ2v) is 6.11. The van der Waals surface area contributed by atoms with E-state index in [-0.39, 0.29) is 11.9 Å². The molecule has 5 heteroatoms. The molecule has 1 aromatic carbocycles. The highest BCUT2D eigenvalue weighted by Crippen LogP contribution is 2.28. The number of hydrogen-bond donors (Lipinski definition) is 2. The number of ether oxygens (including phenoxy) is 1. The van der Waals surface area contributed by atoms with E-state index in [1.807, 2.05) is 17.5 Å². The summed E-state index contributed by atoms with van der Waals surface area (Å²) in [5.74, 6) is 0.623. The highest BCUT2D eigenvalue weighted by Gasteiger charge is 2.21. The van der Waals surface area contributed by atoms with Crippen LogP contribution in [-0.4, -0.2) is 13.0 Å². The van der Waals surface area contributed by atoms with Crippen LogP contribution in [-0.2, 0) is 0 Å². The number of para-hydroxylation sites is 1. The number of hydrogen-bond acceptors (Lipinski definition) is 4. The molecule has 0 aliphatic rings. The Morgan fingerprint density at radius 2 is 2.05 bits per heavy atom. The van der Waals surface area contributed by atoms with Crippen LogP contribution in [0.3, 0.4) is 0 Å². The Hall–Kier alpha value is -2.01. The predicted molar refractivity (Wildman–Crippen MR) is 86.8 cm³/mol. The minimum atomic E-state index is -0.182. The van der Waals surface area contributed by atoms with Crippen molar-refractivity contribution in [2.24, 2.45) is 5.92 Å². The molecule has 1 atom stereocenters. The van der Waals surface area contributed by atoms with Crippen LogP contribution >= 0.6 is 11.3 Å². The Labute approximate surface area is 128 Å². The summed E-state index contributed by atoms with van der Waals surface area (Å²) in [6.45, 7) is 4.17. The van der Waals surface area contributed by atoms with E-state index in [0.29, 0.717) is 22.9 Å². The summed E-state index contributed by atoms with van der Waals surface area (Å²) in [5.41, 5.74) is 6.79. The number of nitrogens with one attached hydrogen (secondary N) is 1. The Kier molecular flexibility index (Phi) is 4.85. The van der Waals surface area contributed by atoms with Crippen molar-refractivity contribution < 1.29 is 9.53 Å². The van der Waals surface area contributed by atoms with E-state index in [1.165, 1.54) is 7.11 Å². The molecule has 0 saturated carbocycles. The van der Waals surface area contributed by atoms with Gasteiger partial charge in [-0.15, -0.1) is 11.3 Å². The molecule has 0 saturated heterocycles. The lowest BCUT2D eigenvalue weighted by Crippen LogP contribution is -2.31. The number of methoxy groups -OCH3 is 1. The van der Waals surface area contributed by atoms with Gasteiger partial charge < -0.3 is 15.8 Å². The number of nitrogen functional groups attached to an aromatic ring is 1. The van der Waals surface area contributed by atoms with Crippen LogP contribution in [0.4, 0.5) is 5.69 Å². The Morgan fingerprint density at radius 1 is 1.29 bits per heavy atom. The highest BCUT2D eigenvalue weighted by atomic mass is 32.1. The fourth-order valence-corrected chi connectivity index (χ4v) is 3.12. The Bertz CT molecular complexity index is 609. The first kappa shape index (κ1) is 15.4. The van der Waals surface area contributed by atoms with E-state index in [2.05, 4.69) is 19.2 Å². The third-order valence-electron chi connectivity index (χ3n) is 3.33. The predicted octanol–water partition coefficient (Wildman–Crippen LogP) is 3.47. The number of carbonyl (C=O) groups excluding carboxylic acids is 1. The normalized spacial score (nSPS) is 12.2. The summed E-state index contributed by atoms with van der Waals surface area (Å²) in [5, 5.41) is 5.07. The van der Waals surface area contributed by atoms with Gasteiger partial charge in [0.15, 0.2) is 0 Å². The molecule has 1 aromatic heterocycles. The number of nitrogens with two attached hydrogens (primary N) is 1. The van der Waals surface area contributed by atoms with E-state index < -0.39 is 0 Å². The number of rotatable bonds is 5. The summed E-state index contributed by atoms with van der Waals surface area (Å²) in [6.07, 6.45) is 0. The van der Waals surface area contributed by atoms with Gasteiger partial charge in [0.1, 0.15) is 5.75 Å². The molecule has 1 unspecified atom stereocenters. The maximum absolute atomic E-state index is 12.5. The maximum Gasteiger partial charge on any atom is 0.254 e. The van der Waals surface area contributed by atoms with E-state index >= 15 is 0 Å². The fraction of sp³-hybridized carbons (Fsp3) is 0.312. The molecule has 3 N–H and O–H groups in total. The van der Waals surface area contributed by atoms with Crippen LogP contribution < -0.4 is 15.8 Å². The molecule has 112 valence electrons. The zero-order chi connectivity index (χ0) is 15.4. The van der Waals surface area contributed by atoms with Gasteiger partial charge in [-0.25, -0.2) is 0 Å². The number of anilines is 1. The Balaban J connectivity index is 2.24. The number of carbonyl (C=O) groups is 1. The maximum atomic E-state index is 12.5. The van der Waals surface area contributed by atoms with Crippen LogP contribution in [0.15, 0.2) is 35.7 Å². The molecule has 1 heterocycles. The summed E-state index contributed by atoms with van der Waals surface area (Å²) in [6, 6.07) is 9.21. The summed E-state index contributed by atoms with van der Waals surface area (Å²) in [4.78, 5) is 13.6. The lowest BCUT2D eigenvalue weighted by Gasteiger charge is -2.22. The van der Waals surface area contributed by atoms with Crippen molar-refractivity contribution in [3.05, 3.63) is 46.2 Å². The molecular weight excluding hydrogens is 284 g/mol. The van der Waals surface area contributed by atoms with Crippen LogP contribution in [0.1, 0.15) is 35.1 Å². The third kappa shape index (κ3) is 3.36. The van der Waals surface area contributed by atoms with Gasteiger partial charge in [-0.05, 0) is 29.5 Å². The first-order chi connectivity index (χ1) is 10.0. The lowest BCUT2D eigenvalue weighted by atomic mass is 10.0. The molecule has 2 rings (SSSR count). The molecular formula is C16H20N2O2S. The largest absolute Gasteiger partial charge is 0.495 e. The first-order valence-corrected chi connectivity index (χ1v) is 7.69. The van der Waals surface area contributed by atoms with Crippen molar-refractivity contribution in [2.45, 2.75) is 19.9 Å². The second-order valence-electron chi connectivity index (χ2n) is 5.13. The van der Waals surface area contributed by atoms with Gasteiger partial charge in [0, 0.05) is 4.88 Å². The van der Waals surface area contributed by atoms with Crippen molar-refractivity contribution in [2.75, 3.05) is 12.8 Å². The topological polar surface area (TPSA) is 64.3 Å². The van der Waals surface area contributed by atoms with Gasteiger partial charge in [0.2, 0.25) is 0 Å². The van der Waals surface area contributed by atoms with Gasteiger partial charge in [0.25, 0.3) is 5.91 Å². The zero-order valence-electron chi connectivity index (χ0n) is 12.4. The van der Waals surface area contributed by atoms with Crippen molar-refractivity contribution in [3.8, 4) is 5.75 Å². The third-order valence-corrected chi connectivity index (χ3v) is 4.29. The quantitative estimate of drug-likeness (QED) is 0.831. The molecule has 0 aliphatic heterocycles. The number of benzene rings is 1. The summed E-state index contributed by atoms with van der Waals surface area (Å²) >= 11 is 1.64. The van der Waals surface area contributed by atoms with Gasteiger partial charge in [-0.1, -0.05) is 26.0 Å². The van der Waals surface area contributed by atoms with Crippen LogP contribution in [0.2, 0.25) is 0 Å². The average Bonchev–Trinajstić information content (AvgIpc) is 2.98. The molecule has 21 heavy (non-hydrogen) atoms. The molecule has 4 nitrogen and oxygen atoms in total. The molecule has 2 aromatic rings. The van der Waals surface area contributed by atoms with Crippen LogP contribution in [0.5, 0.6) is 5.75 Å². The first-order valence-electron chi connectivity index (χ1n) is 6.81. The molecule has 0 fully saturated rings. The van der Waals surface area contributed by atoms with Crippen LogP contribution in [0, 0.1) is 5.92 Å². The SMILES string of the molecule is COc1cccc(C(=O)NC(c2cccs2)C(C)C)c1N. The zero-order valence-corrected chi connectivity index (χ0v) is 13.2. The average molecular weight is 304 g/mol. The molecule has 0 bridgehead atoms. The Morgan fingerprint density at radius 3 is 2.62 bits per heavy atom. The van der Waals surface area contributed by atoms with Crippen molar-refractivity contribution in [3.63, 3.8) is 0 Å². The molecule has 0 aliphatic carbocycles. The highest BCUT2D eigenvalue weighted by molar-refractivity contribution is 7.10. The van der Waals surface area contributed by atoms with Gasteiger partial charge in [-0.3, -0.25) is 4.79 Å². The molecule has 1 amide bonds. The van der Waals surface area contributed by atoms with Gasteiger partial charge >= 0.3 is 0 Å². The van der Waals surface area contributed by atoms with Crippen molar-refractivity contribution in [1.29, 1.82) is 0 Å². The summed E-state index contributed by atoms with van der Waals surface area (Å²) in [7, 11) is 1.54. The van der Waals surface area contributed by atoms with E-state index in [0.717, 1.165) is 4.88 Å². The minimum Gasteiger partial charge on any atom is -0.495 e. The van der Waals surface area contributed by atoms with E-state index in [4.69, 9.17) is 10.5 Å².